The highest BCUT2D eigenvalue weighted by Crippen LogP contribution is 2.47. The van der Waals surface area contributed by atoms with Crippen molar-refractivity contribution >= 4 is 19.3 Å². The van der Waals surface area contributed by atoms with Crippen molar-refractivity contribution in [1.82, 2.24) is 14.6 Å². The molecule has 11 heteroatoms. The lowest BCUT2D eigenvalue weighted by atomic mass is 9.99. The molecule has 0 saturated heterocycles. The molecule has 0 fully saturated rings. The van der Waals surface area contributed by atoms with Gasteiger partial charge in [0.2, 0.25) is 0 Å². The summed E-state index contributed by atoms with van der Waals surface area (Å²) in [6, 6.07) is 9.06. The molecule has 10 nitrogen and oxygen atoms in total. The van der Waals surface area contributed by atoms with Gasteiger partial charge in [-0.2, -0.15) is 4.98 Å². The summed E-state index contributed by atoms with van der Waals surface area (Å²) in [5, 5.41) is 2.78. The highest BCUT2D eigenvalue weighted by molar-refractivity contribution is 7.57. The molecule has 0 spiro atoms. The highest BCUT2D eigenvalue weighted by Gasteiger charge is 2.39. The molecule has 184 valence electrons. The van der Waals surface area contributed by atoms with Crippen LogP contribution >= 0.6 is 7.52 Å². The standard InChI is InChI=1S/C23H31N4O6P/c1-4-23(13-11-18(15-23)27-14-12-20(24)25-22(27)29)32-16-34(30,26-17(3)21(28)31-5-2)33-19-9-7-6-8-10-19/h6-14,17-18H,4-5,15-16H2,1-3H3,(H,26,30)(H2,24,25,29)/t17-,18-,23+,34+/m0/s1. The number of benzene rings is 1. The van der Waals surface area contributed by atoms with E-state index < -0.39 is 30.8 Å². The maximum absolute atomic E-state index is 13.8. The third-order valence-electron chi connectivity index (χ3n) is 5.53. The molecular formula is C23H31N4O6P. The Morgan fingerprint density at radius 2 is 2.06 bits per heavy atom. The lowest BCUT2D eigenvalue weighted by molar-refractivity contribution is -0.144. The number of nitrogen functional groups attached to an aromatic ring is 1. The van der Waals surface area contributed by atoms with Crippen LogP contribution in [0.15, 0.2) is 59.5 Å². The lowest BCUT2D eigenvalue weighted by Gasteiger charge is -2.31. The van der Waals surface area contributed by atoms with Gasteiger partial charge in [0.1, 0.15) is 24.0 Å². The number of ether oxygens (including phenoxy) is 2. The number of nitrogens with zero attached hydrogens (tertiary/aromatic N) is 2. The highest BCUT2D eigenvalue weighted by atomic mass is 31.2. The number of hydrogen-bond donors (Lipinski definition) is 2. The molecule has 0 unspecified atom stereocenters. The molecule has 3 N–H and O–H groups in total. The fraction of sp³-hybridized carbons (Fsp3) is 0.435. The van der Waals surface area contributed by atoms with Crippen LogP contribution in [0, 0.1) is 0 Å². The zero-order valence-electron chi connectivity index (χ0n) is 19.5. The van der Waals surface area contributed by atoms with Crippen LogP contribution in [0.4, 0.5) is 5.82 Å². The Hall–Kier alpha value is -2.94. The number of aromatic nitrogens is 2. The SMILES string of the molecule is CCOC(=O)[C@H](C)N[P@@](=O)(CO[C@]1(CC)C=C[C@H](n2ccc(N)nc2=O)C1)Oc1ccccc1. The molecule has 1 aromatic carbocycles. The van der Waals surface area contributed by atoms with E-state index in [9.17, 15) is 14.2 Å². The Morgan fingerprint density at radius 1 is 1.32 bits per heavy atom. The summed E-state index contributed by atoms with van der Waals surface area (Å²) >= 11 is 0. The predicted octanol–water partition coefficient (Wildman–Crippen LogP) is 3.26. The molecular weight excluding hydrogens is 459 g/mol. The number of nitrogens with one attached hydrogen (secondary N) is 1. The summed E-state index contributed by atoms with van der Waals surface area (Å²) in [5.74, 6) is -0.00875. The number of rotatable bonds is 11. The Balaban J connectivity index is 1.77. The van der Waals surface area contributed by atoms with Gasteiger partial charge in [0.15, 0.2) is 0 Å². The van der Waals surface area contributed by atoms with Crippen molar-refractivity contribution in [3.8, 4) is 5.75 Å². The number of carbonyl (C=O) groups excluding carboxylic acids is 1. The summed E-state index contributed by atoms with van der Waals surface area (Å²) < 4.78 is 32.3. The van der Waals surface area contributed by atoms with Crippen molar-refractivity contribution in [2.45, 2.75) is 51.3 Å². The van der Waals surface area contributed by atoms with E-state index in [4.69, 9.17) is 19.7 Å². The average molecular weight is 490 g/mol. The summed E-state index contributed by atoms with van der Waals surface area (Å²) in [6.07, 6.45) is 6.02. The Morgan fingerprint density at radius 3 is 2.71 bits per heavy atom. The van der Waals surface area contributed by atoms with E-state index in [2.05, 4.69) is 10.1 Å². The maximum atomic E-state index is 13.8. The minimum absolute atomic E-state index is 0.155. The molecule has 0 radical (unpaired) electrons. The van der Waals surface area contributed by atoms with Gasteiger partial charge in [-0.25, -0.2) is 9.88 Å². The van der Waals surface area contributed by atoms with Crippen molar-refractivity contribution < 1.29 is 23.4 Å². The fourth-order valence-electron chi connectivity index (χ4n) is 3.69. The van der Waals surface area contributed by atoms with Gasteiger partial charge in [0.25, 0.3) is 0 Å². The third kappa shape index (κ3) is 6.34. The molecule has 0 bridgehead atoms. The van der Waals surface area contributed by atoms with Crippen molar-refractivity contribution in [3.05, 3.63) is 65.2 Å². The van der Waals surface area contributed by atoms with Crippen molar-refractivity contribution in [2.24, 2.45) is 0 Å². The van der Waals surface area contributed by atoms with Gasteiger partial charge in [0, 0.05) is 12.6 Å². The number of para-hydroxylation sites is 1. The first kappa shape index (κ1) is 25.7. The van der Waals surface area contributed by atoms with Gasteiger partial charge in [0.05, 0.1) is 18.2 Å². The number of allylic oxidation sites excluding steroid dienone is 1. The second kappa shape index (κ2) is 11.0. The molecule has 0 aliphatic heterocycles. The van der Waals surface area contributed by atoms with Gasteiger partial charge in [-0.15, -0.1) is 0 Å². The van der Waals surface area contributed by atoms with E-state index in [1.807, 2.05) is 25.1 Å². The molecule has 1 aromatic heterocycles. The molecule has 0 saturated carbocycles. The van der Waals surface area contributed by atoms with Crippen LogP contribution in [-0.4, -0.2) is 40.1 Å². The summed E-state index contributed by atoms with van der Waals surface area (Å²) in [4.78, 5) is 28.2. The first-order valence-corrected chi connectivity index (χ1v) is 13.0. The molecule has 0 amide bonds. The minimum Gasteiger partial charge on any atom is -0.465 e. The smallest absolute Gasteiger partial charge is 0.350 e. The van der Waals surface area contributed by atoms with Crippen LogP contribution in [0.25, 0.3) is 0 Å². The van der Waals surface area contributed by atoms with Crippen molar-refractivity contribution in [3.63, 3.8) is 0 Å². The Labute approximate surface area is 198 Å². The Bertz CT molecular complexity index is 1120. The van der Waals surface area contributed by atoms with E-state index in [0.29, 0.717) is 18.6 Å². The molecule has 1 aliphatic carbocycles. The number of hydrogen-bond acceptors (Lipinski definition) is 8. The maximum Gasteiger partial charge on any atom is 0.350 e. The zero-order chi connectivity index (χ0) is 24.8. The normalized spacial score (nSPS) is 22.1. The summed E-state index contributed by atoms with van der Waals surface area (Å²) in [6.45, 7) is 5.40. The van der Waals surface area contributed by atoms with Gasteiger partial charge in [-0.3, -0.25) is 13.9 Å². The monoisotopic (exact) mass is 490 g/mol. The second-order valence-corrected chi connectivity index (χ2v) is 10.1. The third-order valence-corrected chi connectivity index (χ3v) is 7.29. The van der Waals surface area contributed by atoms with Crippen molar-refractivity contribution in [2.75, 3.05) is 18.7 Å². The summed E-state index contributed by atoms with van der Waals surface area (Å²) in [7, 11) is -3.70. The van der Waals surface area contributed by atoms with Crippen LogP contribution < -0.4 is 21.0 Å². The van der Waals surface area contributed by atoms with Crippen LogP contribution in [0.5, 0.6) is 5.75 Å². The van der Waals surface area contributed by atoms with Gasteiger partial charge in [-0.05, 0) is 38.5 Å². The lowest BCUT2D eigenvalue weighted by Crippen LogP contribution is -2.37. The molecule has 1 heterocycles. The first-order valence-electron chi connectivity index (χ1n) is 11.2. The minimum atomic E-state index is -3.70. The summed E-state index contributed by atoms with van der Waals surface area (Å²) in [5.41, 5.74) is 4.36. The molecule has 1 aliphatic rings. The van der Waals surface area contributed by atoms with Gasteiger partial charge in [-0.1, -0.05) is 37.3 Å². The molecule has 4 atom stereocenters. The number of carbonyl (C=O) groups is 1. The van der Waals surface area contributed by atoms with E-state index >= 15 is 0 Å². The van der Waals surface area contributed by atoms with Crippen LogP contribution in [0.1, 0.15) is 39.7 Å². The quantitative estimate of drug-likeness (QED) is 0.276. The van der Waals surface area contributed by atoms with E-state index in [1.165, 1.54) is 4.57 Å². The molecule has 2 aromatic rings. The van der Waals surface area contributed by atoms with Gasteiger partial charge >= 0.3 is 19.2 Å². The topological polar surface area (TPSA) is 135 Å². The number of anilines is 1. The van der Waals surface area contributed by atoms with Gasteiger partial charge < -0.3 is 19.7 Å². The number of esters is 1. The second-order valence-electron chi connectivity index (χ2n) is 8.05. The molecule has 3 rings (SSSR count). The fourth-order valence-corrected chi connectivity index (χ4v) is 5.45. The zero-order valence-corrected chi connectivity index (χ0v) is 20.4. The predicted molar refractivity (Wildman–Crippen MR) is 129 cm³/mol. The van der Waals surface area contributed by atoms with Crippen LogP contribution in [-0.2, 0) is 18.8 Å². The number of nitrogens with two attached hydrogens (primary N) is 1. The van der Waals surface area contributed by atoms with E-state index in [1.54, 1.807) is 50.4 Å². The van der Waals surface area contributed by atoms with Crippen LogP contribution in [0.2, 0.25) is 0 Å². The molecule has 34 heavy (non-hydrogen) atoms. The Kier molecular flexibility index (Phi) is 8.30. The van der Waals surface area contributed by atoms with Crippen LogP contribution in [0.3, 0.4) is 0 Å². The average Bonchev–Trinajstić information content (AvgIpc) is 3.23. The van der Waals surface area contributed by atoms with E-state index in [0.717, 1.165) is 0 Å². The first-order chi connectivity index (χ1) is 16.2. The van der Waals surface area contributed by atoms with E-state index in [-0.39, 0.29) is 24.8 Å². The largest absolute Gasteiger partial charge is 0.465 e. The van der Waals surface area contributed by atoms with Crippen molar-refractivity contribution in [1.29, 1.82) is 0 Å².